The van der Waals surface area contributed by atoms with Crippen LogP contribution in [0.25, 0.3) is 0 Å². The van der Waals surface area contributed by atoms with E-state index >= 15 is 0 Å². The molecule has 0 bridgehead atoms. The van der Waals surface area contributed by atoms with Crippen LogP contribution in [-0.4, -0.2) is 36.2 Å². The van der Waals surface area contributed by atoms with Crippen molar-refractivity contribution in [1.82, 2.24) is 5.43 Å². The molecule has 1 aromatic carbocycles. The highest BCUT2D eigenvalue weighted by molar-refractivity contribution is 6.05. The molecule has 22 heavy (non-hydrogen) atoms. The molecule has 0 radical (unpaired) electrons. The molecule has 0 heterocycles. The van der Waals surface area contributed by atoms with Gasteiger partial charge in [0.05, 0.1) is 11.3 Å². The van der Waals surface area contributed by atoms with Crippen molar-refractivity contribution in [2.45, 2.75) is 13.3 Å². The topological polar surface area (TPSA) is 123 Å². The minimum Gasteiger partial charge on any atom is -0.375 e. The van der Waals surface area contributed by atoms with Gasteiger partial charge in [0.25, 0.3) is 11.6 Å². The predicted molar refractivity (Wildman–Crippen MR) is 79.5 cm³/mol. The number of hydrazone groups is 1. The van der Waals surface area contributed by atoms with Gasteiger partial charge in [-0.05, 0) is 13.0 Å². The fourth-order valence-corrected chi connectivity index (χ4v) is 1.50. The number of nitro benzene ring substituents is 1. The second-order valence-electron chi connectivity index (χ2n) is 4.35. The minimum absolute atomic E-state index is 0.0596. The number of nitro groups is 1. The van der Waals surface area contributed by atoms with E-state index in [1.54, 1.807) is 6.92 Å². The molecule has 0 fully saturated rings. The number of non-ortho nitro benzene ring substituents is 1. The molecular weight excluding hydrogens is 292 g/mol. The van der Waals surface area contributed by atoms with Crippen molar-refractivity contribution in [2.24, 2.45) is 5.10 Å². The molecule has 9 nitrogen and oxygen atoms in total. The summed E-state index contributed by atoms with van der Waals surface area (Å²) in [6.45, 7) is 1.44. The Morgan fingerprint density at radius 3 is 2.73 bits per heavy atom. The number of hydrogen-bond acceptors (Lipinski definition) is 6. The Morgan fingerprint density at radius 1 is 1.36 bits per heavy atom. The zero-order valence-corrected chi connectivity index (χ0v) is 12.2. The number of benzene rings is 1. The summed E-state index contributed by atoms with van der Waals surface area (Å²) in [5, 5.41) is 16.9. The first-order valence-corrected chi connectivity index (χ1v) is 6.27. The van der Waals surface area contributed by atoms with E-state index in [2.05, 4.69) is 20.6 Å². The average molecular weight is 308 g/mol. The molecule has 0 aliphatic carbocycles. The lowest BCUT2D eigenvalue weighted by molar-refractivity contribution is -0.384. The molecule has 2 N–H and O–H groups in total. The number of amides is 2. The van der Waals surface area contributed by atoms with Gasteiger partial charge in [-0.25, -0.2) is 5.43 Å². The van der Waals surface area contributed by atoms with Crippen molar-refractivity contribution in [3.05, 3.63) is 34.4 Å². The first kappa shape index (κ1) is 17.2. The van der Waals surface area contributed by atoms with Crippen LogP contribution in [0, 0.1) is 10.1 Å². The molecule has 0 aromatic heterocycles. The van der Waals surface area contributed by atoms with Gasteiger partial charge in [-0.3, -0.25) is 19.7 Å². The van der Waals surface area contributed by atoms with E-state index in [0.29, 0.717) is 11.4 Å². The van der Waals surface area contributed by atoms with Crippen molar-refractivity contribution in [2.75, 3.05) is 19.0 Å². The maximum Gasteiger partial charge on any atom is 0.271 e. The number of rotatable bonds is 7. The Kier molecular flexibility index (Phi) is 6.64. The van der Waals surface area contributed by atoms with E-state index in [-0.39, 0.29) is 18.7 Å². The SMILES string of the molecule is COCC(=O)NN=C(C)CC(=O)Nc1cccc([N+](=O)[O-])c1. The Morgan fingerprint density at radius 2 is 2.09 bits per heavy atom. The quantitative estimate of drug-likeness (QED) is 0.443. The lowest BCUT2D eigenvalue weighted by Gasteiger charge is -2.05. The predicted octanol–water partition coefficient (Wildman–Crippen LogP) is 1.06. The summed E-state index contributed by atoms with van der Waals surface area (Å²) in [5.41, 5.74) is 2.81. The van der Waals surface area contributed by atoms with Crippen molar-refractivity contribution < 1.29 is 19.2 Å². The molecule has 118 valence electrons. The average Bonchev–Trinajstić information content (AvgIpc) is 2.45. The van der Waals surface area contributed by atoms with Crippen LogP contribution in [0.15, 0.2) is 29.4 Å². The summed E-state index contributed by atoms with van der Waals surface area (Å²) in [6.07, 6.45) is -0.0596. The highest BCUT2D eigenvalue weighted by atomic mass is 16.6. The van der Waals surface area contributed by atoms with Crippen molar-refractivity contribution in [3.8, 4) is 0 Å². The number of methoxy groups -OCH3 is 1. The number of carbonyl (C=O) groups is 2. The van der Waals surface area contributed by atoms with E-state index < -0.39 is 16.7 Å². The summed E-state index contributed by atoms with van der Waals surface area (Å²) in [7, 11) is 1.38. The first-order valence-electron chi connectivity index (χ1n) is 6.27. The van der Waals surface area contributed by atoms with Crippen LogP contribution in [0.4, 0.5) is 11.4 Å². The Bertz CT molecular complexity index is 600. The van der Waals surface area contributed by atoms with Crippen LogP contribution in [0.5, 0.6) is 0 Å². The van der Waals surface area contributed by atoms with Gasteiger partial charge in [0.1, 0.15) is 6.61 Å². The van der Waals surface area contributed by atoms with Crippen LogP contribution < -0.4 is 10.7 Å². The van der Waals surface area contributed by atoms with Gasteiger partial charge in [0.15, 0.2) is 0 Å². The summed E-state index contributed by atoms with van der Waals surface area (Å²) < 4.78 is 4.61. The van der Waals surface area contributed by atoms with E-state index in [9.17, 15) is 19.7 Å². The molecule has 0 atom stereocenters. The van der Waals surface area contributed by atoms with Crippen LogP contribution in [0.1, 0.15) is 13.3 Å². The molecule has 0 spiro atoms. The van der Waals surface area contributed by atoms with Gasteiger partial charge in [-0.1, -0.05) is 6.07 Å². The normalized spacial score (nSPS) is 10.9. The van der Waals surface area contributed by atoms with Crippen molar-refractivity contribution >= 4 is 28.9 Å². The van der Waals surface area contributed by atoms with Crippen LogP contribution in [-0.2, 0) is 14.3 Å². The summed E-state index contributed by atoms with van der Waals surface area (Å²) in [5.74, 6) is -0.830. The van der Waals surface area contributed by atoms with Crippen molar-refractivity contribution in [3.63, 3.8) is 0 Å². The number of ether oxygens (including phenoxy) is 1. The Labute approximate surface area is 126 Å². The highest BCUT2D eigenvalue weighted by Crippen LogP contribution is 2.17. The molecule has 0 aliphatic heterocycles. The number of anilines is 1. The zero-order valence-electron chi connectivity index (χ0n) is 12.2. The van der Waals surface area contributed by atoms with Crippen molar-refractivity contribution in [1.29, 1.82) is 0 Å². The summed E-state index contributed by atoms with van der Waals surface area (Å²) in [6, 6.07) is 5.59. The van der Waals surface area contributed by atoms with Crippen LogP contribution >= 0.6 is 0 Å². The molecule has 0 saturated carbocycles. The van der Waals surface area contributed by atoms with Gasteiger partial charge < -0.3 is 10.1 Å². The molecule has 0 saturated heterocycles. The molecule has 1 aromatic rings. The monoisotopic (exact) mass is 308 g/mol. The lowest BCUT2D eigenvalue weighted by atomic mass is 10.2. The molecule has 1 rings (SSSR count). The maximum atomic E-state index is 11.8. The number of nitrogens with zero attached hydrogens (tertiary/aromatic N) is 2. The van der Waals surface area contributed by atoms with E-state index in [0.717, 1.165) is 0 Å². The largest absolute Gasteiger partial charge is 0.375 e. The number of carbonyl (C=O) groups excluding carboxylic acids is 2. The van der Waals surface area contributed by atoms with Crippen LogP contribution in [0.3, 0.4) is 0 Å². The van der Waals surface area contributed by atoms with Gasteiger partial charge in [0.2, 0.25) is 5.91 Å². The second kappa shape index (κ2) is 8.47. The smallest absolute Gasteiger partial charge is 0.271 e. The Hall–Kier alpha value is -2.81. The van der Waals surface area contributed by atoms with Gasteiger partial charge in [-0.15, -0.1) is 0 Å². The summed E-state index contributed by atoms with van der Waals surface area (Å²) in [4.78, 5) is 33.0. The standard InChI is InChI=1S/C13H16N4O5/c1-9(15-16-13(19)8-22-2)6-12(18)14-10-4-3-5-11(7-10)17(20)21/h3-5,7H,6,8H2,1-2H3,(H,14,18)(H,16,19). The van der Waals surface area contributed by atoms with E-state index in [4.69, 9.17) is 0 Å². The van der Waals surface area contributed by atoms with Gasteiger partial charge in [-0.2, -0.15) is 5.10 Å². The van der Waals surface area contributed by atoms with E-state index in [1.165, 1.54) is 31.4 Å². The molecule has 9 heteroatoms. The summed E-state index contributed by atoms with van der Waals surface area (Å²) >= 11 is 0. The van der Waals surface area contributed by atoms with Gasteiger partial charge in [0, 0.05) is 30.6 Å². The number of nitrogens with one attached hydrogen (secondary N) is 2. The second-order valence-corrected chi connectivity index (χ2v) is 4.35. The molecule has 2 amide bonds. The van der Waals surface area contributed by atoms with E-state index in [1.807, 2.05) is 0 Å². The fraction of sp³-hybridized carbons (Fsp3) is 0.308. The maximum absolute atomic E-state index is 11.8. The third-order valence-electron chi connectivity index (χ3n) is 2.40. The highest BCUT2D eigenvalue weighted by Gasteiger charge is 2.09. The third-order valence-corrected chi connectivity index (χ3v) is 2.40. The molecule has 0 aliphatic rings. The first-order chi connectivity index (χ1) is 10.4. The molecule has 0 unspecified atom stereocenters. The zero-order chi connectivity index (χ0) is 16.5. The number of hydrogen-bond donors (Lipinski definition) is 2. The fourth-order valence-electron chi connectivity index (χ4n) is 1.50. The minimum atomic E-state index is -0.548. The molecular formula is C13H16N4O5. The Balaban J connectivity index is 2.55. The third kappa shape index (κ3) is 6.09. The lowest BCUT2D eigenvalue weighted by Crippen LogP contribution is -2.24. The van der Waals surface area contributed by atoms with Crippen LogP contribution in [0.2, 0.25) is 0 Å². The van der Waals surface area contributed by atoms with Gasteiger partial charge >= 0.3 is 0 Å².